The topological polar surface area (TPSA) is 33.0 Å². The maximum absolute atomic E-state index is 13.4. The minimum Gasteiger partial charge on any atom is -0.489 e. The lowest BCUT2D eigenvalue weighted by molar-refractivity contribution is 0.300. The van der Waals surface area contributed by atoms with E-state index >= 15 is 0 Å². The van der Waals surface area contributed by atoms with Crippen LogP contribution in [0.15, 0.2) is 54.6 Å². The van der Waals surface area contributed by atoms with Crippen molar-refractivity contribution in [2.45, 2.75) is 6.61 Å². The van der Waals surface area contributed by atoms with Crippen molar-refractivity contribution in [2.75, 3.05) is 0 Å². The van der Waals surface area contributed by atoms with Crippen molar-refractivity contribution < 1.29 is 9.13 Å². The fourth-order valence-electron chi connectivity index (χ4n) is 1.59. The molecular weight excluding hydrogens is 241 g/mol. The van der Waals surface area contributed by atoms with Gasteiger partial charge in [0.15, 0.2) is 0 Å². The summed E-state index contributed by atoms with van der Waals surface area (Å²) in [7, 11) is 0. The first-order valence-electron chi connectivity index (χ1n) is 5.82. The van der Waals surface area contributed by atoms with Gasteiger partial charge in [-0.25, -0.2) is 4.39 Å². The van der Waals surface area contributed by atoms with Gasteiger partial charge >= 0.3 is 0 Å². The van der Waals surface area contributed by atoms with Crippen LogP contribution in [0.1, 0.15) is 11.1 Å². The van der Waals surface area contributed by atoms with Crippen molar-refractivity contribution in [1.29, 1.82) is 5.26 Å². The lowest BCUT2D eigenvalue weighted by Crippen LogP contribution is -1.97. The van der Waals surface area contributed by atoms with E-state index in [-0.39, 0.29) is 12.4 Å². The van der Waals surface area contributed by atoms with Gasteiger partial charge < -0.3 is 4.74 Å². The summed E-state index contributed by atoms with van der Waals surface area (Å²) in [6.07, 6.45) is 3.12. The van der Waals surface area contributed by atoms with Crippen molar-refractivity contribution in [2.24, 2.45) is 0 Å². The van der Waals surface area contributed by atoms with Gasteiger partial charge in [-0.1, -0.05) is 30.3 Å². The van der Waals surface area contributed by atoms with Crippen molar-refractivity contribution in [3.05, 3.63) is 71.6 Å². The smallest absolute Gasteiger partial charge is 0.129 e. The van der Waals surface area contributed by atoms with Crippen LogP contribution in [-0.2, 0) is 6.61 Å². The van der Waals surface area contributed by atoms with Gasteiger partial charge in [-0.3, -0.25) is 0 Å². The number of allylic oxidation sites excluding steroid dienone is 1. The van der Waals surface area contributed by atoms with Crippen LogP contribution in [0, 0.1) is 17.1 Å². The molecule has 0 amide bonds. The van der Waals surface area contributed by atoms with Crippen molar-refractivity contribution in [3.63, 3.8) is 0 Å². The second-order valence-electron chi connectivity index (χ2n) is 3.91. The fraction of sp³-hybridized carbons (Fsp3) is 0.0625. The number of hydrogen-bond acceptors (Lipinski definition) is 2. The standard InChI is InChI=1S/C16H12FNO/c17-16-6-2-1-5-14(16)12-19-15-9-7-13(8-10-15)4-3-11-18/h1-10H,12H2. The minimum atomic E-state index is -0.268. The zero-order valence-electron chi connectivity index (χ0n) is 10.2. The lowest BCUT2D eigenvalue weighted by Gasteiger charge is -2.07. The highest BCUT2D eigenvalue weighted by Gasteiger charge is 2.01. The predicted octanol–water partition coefficient (Wildman–Crippen LogP) is 3.94. The number of halogens is 1. The minimum absolute atomic E-state index is 0.194. The second kappa shape index (κ2) is 6.36. The van der Waals surface area contributed by atoms with E-state index in [0.717, 1.165) is 5.56 Å². The Balaban J connectivity index is 1.99. The average molecular weight is 253 g/mol. The molecule has 2 aromatic carbocycles. The molecule has 0 aliphatic heterocycles. The number of hydrogen-bond donors (Lipinski definition) is 0. The van der Waals surface area contributed by atoms with E-state index in [9.17, 15) is 4.39 Å². The average Bonchev–Trinajstić information content (AvgIpc) is 2.45. The van der Waals surface area contributed by atoms with E-state index in [0.29, 0.717) is 11.3 Å². The number of ether oxygens (including phenoxy) is 1. The molecule has 0 saturated heterocycles. The lowest BCUT2D eigenvalue weighted by atomic mass is 10.2. The molecule has 0 N–H and O–H groups in total. The Morgan fingerprint density at radius 2 is 1.84 bits per heavy atom. The van der Waals surface area contributed by atoms with E-state index in [1.807, 2.05) is 18.2 Å². The molecule has 0 atom stereocenters. The molecule has 2 nitrogen and oxygen atoms in total. The maximum Gasteiger partial charge on any atom is 0.129 e. The molecule has 0 heterocycles. The van der Waals surface area contributed by atoms with Gasteiger partial charge in [0.1, 0.15) is 18.2 Å². The quantitative estimate of drug-likeness (QED) is 0.773. The number of rotatable bonds is 4. The Morgan fingerprint density at radius 3 is 2.53 bits per heavy atom. The van der Waals surface area contributed by atoms with E-state index in [4.69, 9.17) is 10.00 Å². The van der Waals surface area contributed by atoms with Crippen LogP contribution >= 0.6 is 0 Å². The number of benzene rings is 2. The first-order valence-corrected chi connectivity index (χ1v) is 5.82. The first-order chi connectivity index (χ1) is 9.29. The highest BCUT2D eigenvalue weighted by molar-refractivity contribution is 5.52. The molecule has 0 aromatic heterocycles. The molecular formula is C16H12FNO. The van der Waals surface area contributed by atoms with E-state index in [1.165, 1.54) is 12.1 Å². The van der Waals surface area contributed by atoms with E-state index in [2.05, 4.69) is 0 Å². The summed E-state index contributed by atoms with van der Waals surface area (Å²) in [5.41, 5.74) is 1.44. The Labute approximate surface area is 111 Å². The third kappa shape index (κ3) is 3.68. The number of nitriles is 1. The summed E-state index contributed by atoms with van der Waals surface area (Å²) in [4.78, 5) is 0. The molecule has 19 heavy (non-hydrogen) atoms. The second-order valence-corrected chi connectivity index (χ2v) is 3.91. The van der Waals surface area contributed by atoms with Gasteiger partial charge in [0.05, 0.1) is 6.07 Å². The molecule has 3 heteroatoms. The van der Waals surface area contributed by atoms with Crippen molar-refractivity contribution >= 4 is 6.08 Å². The summed E-state index contributed by atoms with van der Waals surface area (Å²) < 4.78 is 18.9. The van der Waals surface area contributed by atoms with Crippen LogP contribution in [0.25, 0.3) is 6.08 Å². The van der Waals surface area contributed by atoms with Gasteiger partial charge in [-0.2, -0.15) is 5.26 Å². The summed E-state index contributed by atoms with van der Waals surface area (Å²) >= 11 is 0. The number of nitrogens with zero attached hydrogens (tertiary/aromatic N) is 1. The Morgan fingerprint density at radius 1 is 1.11 bits per heavy atom. The zero-order valence-corrected chi connectivity index (χ0v) is 10.2. The maximum atomic E-state index is 13.4. The normalized spacial score (nSPS) is 10.3. The monoisotopic (exact) mass is 253 g/mol. The molecule has 2 rings (SSSR count). The third-order valence-electron chi connectivity index (χ3n) is 2.58. The largest absolute Gasteiger partial charge is 0.489 e. The van der Waals surface area contributed by atoms with E-state index < -0.39 is 0 Å². The van der Waals surface area contributed by atoms with Crippen LogP contribution in [0.2, 0.25) is 0 Å². The summed E-state index contributed by atoms with van der Waals surface area (Å²) in [6, 6.07) is 15.7. The molecule has 0 bridgehead atoms. The Hall–Kier alpha value is -2.60. The zero-order chi connectivity index (χ0) is 13.5. The van der Waals surface area contributed by atoms with Crippen molar-refractivity contribution in [3.8, 4) is 11.8 Å². The summed E-state index contributed by atoms with van der Waals surface area (Å²) in [5, 5.41) is 8.42. The predicted molar refractivity (Wildman–Crippen MR) is 71.8 cm³/mol. The summed E-state index contributed by atoms with van der Waals surface area (Å²) in [5.74, 6) is 0.397. The molecule has 94 valence electrons. The van der Waals surface area contributed by atoms with Crippen LogP contribution in [0.5, 0.6) is 5.75 Å². The third-order valence-corrected chi connectivity index (χ3v) is 2.58. The first kappa shape index (κ1) is 12.8. The molecule has 0 saturated carbocycles. The van der Waals surface area contributed by atoms with Gasteiger partial charge in [-0.15, -0.1) is 0 Å². The molecule has 0 aliphatic rings. The highest BCUT2D eigenvalue weighted by atomic mass is 19.1. The van der Waals surface area contributed by atoms with Gasteiger partial charge in [0.25, 0.3) is 0 Å². The van der Waals surface area contributed by atoms with E-state index in [1.54, 1.807) is 36.4 Å². The van der Waals surface area contributed by atoms with Crippen LogP contribution in [0.3, 0.4) is 0 Å². The molecule has 0 spiro atoms. The van der Waals surface area contributed by atoms with Crippen molar-refractivity contribution in [1.82, 2.24) is 0 Å². The molecule has 0 fully saturated rings. The Bertz CT molecular complexity index is 611. The van der Waals surface area contributed by atoms with Gasteiger partial charge in [-0.05, 0) is 29.8 Å². The fourth-order valence-corrected chi connectivity index (χ4v) is 1.59. The summed E-state index contributed by atoms with van der Waals surface area (Å²) in [6.45, 7) is 0.194. The molecule has 2 aromatic rings. The SMILES string of the molecule is N#CC=Cc1ccc(OCc2ccccc2F)cc1. The molecule has 0 radical (unpaired) electrons. The van der Waals surface area contributed by atoms with Crippen LogP contribution in [0.4, 0.5) is 4.39 Å². The van der Waals surface area contributed by atoms with Crippen LogP contribution in [-0.4, -0.2) is 0 Å². The van der Waals surface area contributed by atoms with Gasteiger partial charge in [0, 0.05) is 11.6 Å². The van der Waals surface area contributed by atoms with Crippen LogP contribution < -0.4 is 4.74 Å². The van der Waals surface area contributed by atoms with Gasteiger partial charge in [0.2, 0.25) is 0 Å². The highest BCUT2D eigenvalue weighted by Crippen LogP contribution is 2.16. The Kier molecular flexibility index (Phi) is 4.30. The molecule has 0 unspecified atom stereocenters. The molecule has 0 aliphatic carbocycles.